The molecular formula is C19H26O6S. The van der Waals surface area contributed by atoms with Crippen LogP contribution in [-0.2, 0) is 28.6 Å². The summed E-state index contributed by atoms with van der Waals surface area (Å²) in [4.78, 5) is 24.7. The summed E-state index contributed by atoms with van der Waals surface area (Å²) in [6, 6.07) is 6.13. The Morgan fingerprint density at radius 2 is 1.65 bits per heavy atom. The van der Waals surface area contributed by atoms with Crippen molar-refractivity contribution in [2.24, 2.45) is 11.3 Å². The van der Waals surface area contributed by atoms with Crippen LogP contribution in [0.15, 0.2) is 29.2 Å². The molecule has 0 saturated heterocycles. The molecule has 0 aliphatic heterocycles. The molecule has 6 nitrogen and oxygen atoms in total. The van der Waals surface area contributed by atoms with Crippen LogP contribution in [0.25, 0.3) is 0 Å². The molecule has 26 heavy (non-hydrogen) atoms. The molecule has 0 bridgehead atoms. The molecule has 1 aromatic rings. The molecular weight excluding hydrogens is 356 g/mol. The van der Waals surface area contributed by atoms with Crippen molar-refractivity contribution in [1.82, 2.24) is 0 Å². The van der Waals surface area contributed by atoms with E-state index in [1.165, 1.54) is 26.0 Å². The molecule has 0 aromatic heterocycles. The van der Waals surface area contributed by atoms with Gasteiger partial charge in [-0.3, -0.25) is 13.8 Å². The number of ketones is 1. The number of hydrogen-bond acceptors (Lipinski definition) is 6. The molecule has 0 heterocycles. The van der Waals surface area contributed by atoms with E-state index < -0.39 is 39.5 Å². The number of benzene rings is 1. The van der Waals surface area contributed by atoms with Crippen molar-refractivity contribution < 1.29 is 26.9 Å². The van der Waals surface area contributed by atoms with Crippen molar-refractivity contribution in [3.63, 3.8) is 0 Å². The topological polar surface area (TPSA) is 86.7 Å². The van der Waals surface area contributed by atoms with Gasteiger partial charge in [-0.15, -0.1) is 0 Å². The minimum Gasteiger partial charge on any atom is -0.459 e. The molecule has 2 rings (SSSR count). The molecule has 1 fully saturated rings. The average molecular weight is 382 g/mol. The predicted octanol–water partition coefficient (Wildman–Crippen LogP) is 3.03. The zero-order chi connectivity index (χ0) is 19.8. The lowest BCUT2D eigenvalue weighted by Gasteiger charge is -2.31. The number of esters is 1. The second-order valence-corrected chi connectivity index (χ2v) is 9.30. The monoisotopic (exact) mass is 382 g/mol. The van der Waals surface area contributed by atoms with Crippen LogP contribution in [0.3, 0.4) is 0 Å². The van der Waals surface area contributed by atoms with E-state index in [-0.39, 0.29) is 10.8 Å². The summed E-state index contributed by atoms with van der Waals surface area (Å²) in [6.45, 7) is 7.42. The molecule has 0 N–H and O–H groups in total. The Balaban J connectivity index is 2.14. The molecule has 1 aliphatic rings. The van der Waals surface area contributed by atoms with Crippen LogP contribution in [0.2, 0.25) is 0 Å². The van der Waals surface area contributed by atoms with Crippen molar-refractivity contribution in [3.05, 3.63) is 29.8 Å². The summed E-state index contributed by atoms with van der Waals surface area (Å²) < 4.78 is 35.3. The van der Waals surface area contributed by atoms with Crippen LogP contribution in [0.1, 0.15) is 46.1 Å². The van der Waals surface area contributed by atoms with Gasteiger partial charge in [0.05, 0.1) is 11.5 Å². The van der Waals surface area contributed by atoms with Gasteiger partial charge in [0, 0.05) is 0 Å². The zero-order valence-corrected chi connectivity index (χ0v) is 16.7. The molecule has 1 atom stereocenters. The average Bonchev–Trinajstić information content (AvgIpc) is 3.37. The van der Waals surface area contributed by atoms with Crippen LogP contribution in [-0.4, -0.2) is 32.4 Å². The van der Waals surface area contributed by atoms with Gasteiger partial charge in [0.1, 0.15) is 16.8 Å². The smallest absolute Gasteiger partial charge is 0.322 e. The lowest BCUT2D eigenvalue weighted by atomic mass is 9.87. The van der Waals surface area contributed by atoms with Gasteiger partial charge in [-0.2, -0.15) is 8.42 Å². The third-order valence-electron chi connectivity index (χ3n) is 4.96. The number of rotatable bonds is 8. The van der Waals surface area contributed by atoms with Crippen LogP contribution in [0, 0.1) is 18.3 Å². The summed E-state index contributed by atoms with van der Waals surface area (Å²) in [5.74, 6) is -1.01. The first-order valence-corrected chi connectivity index (χ1v) is 10.00. The van der Waals surface area contributed by atoms with E-state index in [2.05, 4.69) is 0 Å². The molecule has 0 amide bonds. The van der Waals surface area contributed by atoms with Gasteiger partial charge in [-0.1, -0.05) is 17.7 Å². The number of carbonyl (C=O) groups excluding carboxylic acids is 2. The van der Waals surface area contributed by atoms with Gasteiger partial charge in [0.25, 0.3) is 10.1 Å². The number of aryl methyl sites for hydroxylation is 1. The second kappa shape index (κ2) is 7.12. The Morgan fingerprint density at radius 1 is 1.12 bits per heavy atom. The van der Waals surface area contributed by atoms with E-state index in [1.54, 1.807) is 26.0 Å². The summed E-state index contributed by atoms with van der Waals surface area (Å²) in [5, 5.41) is 0. The minimum absolute atomic E-state index is 0.0271. The highest BCUT2D eigenvalue weighted by molar-refractivity contribution is 7.86. The highest BCUT2D eigenvalue weighted by Gasteiger charge is 2.47. The summed E-state index contributed by atoms with van der Waals surface area (Å²) in [5.41, 5.74) is -1.48. The lowest BCUT2D eigenvalue weighted by molar-refractivity contribution is -0.173. The minimum atomic E-state index is -4.08. The van der Waals surface area contributed by atoms with E-state index in [0.717, 1.165) is 18.4 Å². The first kappa shape index (κ1) is 20.6. The normalized spacial score (nSPS) is 17.4. The summed E-state index contributed by atoms with van der Waals surface area (Å²) in [7, 11) is -4.08. The zero-order valence-electron chi connectivity index (χ0n) is 15.9. The van der Waals surface area contributed by atoms with Crippen molar-refractivity contribution >= 4 is 21.9 Å². The van der Waals surface area contributed by atoms with Gasteiger partial charge < -0.3 is 4.74 Å². The van der Waals surface area contributed by atoms with Crippen molar-refractivity contribution in [2.45, 2.75) is 58.0 Å². The third kappa shape index (κ3) is 4.51. The van der Waals surface area contributed by atoms with E-state index >= 15 is 0 Å². The molecule has 1 aromatic carbocycles. The molecule has 1 saturated carbocycles. The summed E-state index contributed by atoms with van der Waals surface area (Å²) >= 11 is 0. The Morgan fingerprint density at radius 3 is 2.12 bits per heavy atom. The number of ether oxygens (including phenoxy) is 1. The first-order valence-electron chi connectivity index (χ1n) is 8.59. The Bertz CT molecular complexity index is 790. The van der Waals surface area contributed by atoms with E-state index in [4.69, 9.17) is 8.92 Å². The van der Waals surface area contributed by atoms with Gasteiger partial charge >= 0.3 is 5.97 Å². The van der Waals surface area contributed by atoms with E-state index in [0.29, 0.717) is 0 Å². The summed E-state index contributed by atoms with van der Waals surface area (Å²) in [6.07, 6.45) is 1.94. The van der Waals surface area contributed by atoms with Crippen molar-refractivity contribution in [1.29, 1.82) is 0 Å². The van der Waals surface area contributed by atoms with Crippen LogP contribution < -0.4 is 0 Å². The standard InChI is InChI=1S/C19H26O6S/c1-13-6-10-16(11-7-13)26(22,23)24-12-19(5,14(2)20)17(21)25-18(3,4)15-8-9-15/h6-7,10-11,15H,8-9,12H2,1-5H3. The quantitative estimate of drug-likeness (QED) is 0.390. The fraction of sp³-hybridized carbons (Fsp3) is 0.579. The maximum Gasteiger partial charge on any atom is 0.322 e. The molecule has 7 heteroatoms. The number of carbonyl (C=O) groups is 2. The first-order chi connectivity index (χ1) is 11.9. The predicted molar refractivity (Wildman–Crippen MR) is 96.0 cm³/mol. The Labute approximate surface area is 155 Å². The van der Waals surface area contributed by atoms with Gasteiger partial charge in [-0.05, 0) is 65.5 Å². The van der Waals surface area contributed by atoms with Crippen LogP contribution >= 0.6 is 0 Å². The molecule has 144 valence electrons. The van der Waals surface area contributed by atoms with E-state index in [1.807, 2.05) is 6.92 Å². The molecule has 1 aliphatic carbocycles. The lowest BCUT2D eigenvalue weighted by Crippen LogP contribution is -2.45. The highest BCUT2D eigenvalue weighted by atomic mass is 32.2. The fourth-order valence-electron chi connectivity index (χ4n) is 2.49. The highest BCUT2D eigenvalue weighted by Crippen LogP contribution is 2.42. The Hall–Kier alpha value is -1.73. The molecule has 1 unspecified atom stereocenters. The van der Waals surface area contributed by atoms with Gasteiger partial charge in [0.2, 0.25) is 0 Å². The van der Waals surface area contributed by atoms with Crippen LogP contribution in [0.5, 0.6) is 0 Å². The molecule has 0 radical (unpaired) electrons. The molecule has 0 spiro atoms. The fourth-order valence-corrected chi connectivity index (χ4v) is 3.48. The van der Waals surface area contributed by atoms with Crippen molar-refractivity contribution in [3.8, 4) is 0 Å². The van der Waals surface area contributed by atoms with Crippen LogP contribution in [0.4, 0.5) is 0 Å². The van der Waals surface area contributed by atoms with Gasteiger partial charge in [0.15, 0.2) is 0 Å². The number of Topliss-reactive ketones (excluding diaryl/α,β-unsaturated/α-hetero) is 1. The largest absolute Gasteiger partial charge is 0.459 e. The SMILES string of the molecule is CC(=O)C(C)(COS(=O)(=O)c1ccc(C)cc1)C(=O)OC(C)(C)C1CC1. The maximum atomic E-state index is 12.6. The maximum absolute atomic E-state index is 12.6. The second-order valence-electron chi connectivity index (χ2n) is 7.68. The van der Waals surface area contributed by atoms with Crippen molar-refractivity contribution in [2.75, 3.05) is 6.61 Å². The van der Waals surface area contributed by atoms with Gasteiger partial charge in [-0.25, -0.2) is 0 Å². The third-order valence-corrected chi connectivity index (χ3v) is 6.23. The Kier molecular flexibility index (Phi) is 5.63. The van der Waals surface area contributed by atoms with E-state index in [9.17, 15) is 18.0 Å². The number of hydrogen-bond donors (Lipinski definition) is 0.